The Kier molecular flexibility index (Phi) is 5.43. The summed E-state index contributed by atoms with van der Waals surface area (Å²) in [6.45, 7) is 5.08. The molecule has 0 saturated heterocycles. The summed E-state index contributed by atoms with van der Waals surface area (Å²) in [7, 11) is 3.90. The fraction of sp³-hybridized carbons (Fsp3) is 0.368. The van der Waals surface area contributed by atoms with Gasteiger partial charge >= 0.3 is 0 Å². The Morgan fingerprint density at radius 3 is 2.70 bits per heavy atom. The first kappa shape index (κ1) is 19.3. The number of Topliss-reactive ketones (excluding diaryl/α,β-unsaturated/α-hetero) is 2. The standard InChI is InChI=1S/C19H21ClN4O3/c1-11-5-6-15-18(21-14-9-13(20)16(25)10-17(14)26)19(22-24(15)12(11)2)27-8-7-23(3)4/h5-6,9H,7-8,10H2,1-4H3. The summed E-state index contributed by atoms with van der Waals surface area (Å²) in [6, 6.07) is 3.85. The lowest BCUT2D eigenvalue weighted by Crippen LogP contribution is -2.22. The molecule has 0 atom stereocenters. The van der Waals surface area contributed by atoms with Crippen LogP contribution < -0.4 is 4.74 Å². The molecular weight excluding hydrogens is 368 g/mol. The van der Waals surface area contributed by atoms with Gasteiger partial charge in [0.05, 0.1) is 17.0 Å². The van der Waals surface area contributed by atoms with E-state index in [1.807, 2.05) is 45.0 Å². The van der Waals surface area contributed by atoms with E-state index in [9.17, 15) is 9.59 Å². The predicted molar refractivity (Wildman–Crippen MR) is 104 cm³/mol. The van der Waals surface area contributed by atoms with Crippen molar-refractivity contribution in [1.29, 1.82) is 0 Å². The van der Waals surface area contributed by atoms with Crippen LogP contribution in [-0.2, 0) is 9.59 Å². The molecule has 1 aliphatic carbocycles. The highest BCUT2D eigenvalue weighted by atomic mass is 35.5. The number of halogens is 1. The lowest BCUT2D eigenvalue weighted by atomic mass is 10.0. The second-order valence-corrected chi connectivity index (χ2v) is 7.12. The van der Waals surface area contributed by atoms with Gasteiger partial charge in [0.15, 0.2) is 17.3 Å². The average Bonchev–Trinajstić information content (AvgIpc) is 2.94. The molecule has 8 heteroatoms. The fourth-order valence-electron chi connectivity index (χ4n) is 2.64. The van der Waals surface area contributed by atoms with Gasteiger partial charge in [-0.3, -0.25) is 9.59 Å². The topological polar surface area (TPSA) is 76.3 Å². The van der Waals surface area contributed by atoms with E-state index in [1.165, 1.54) is 6.08 Å². The highest BCUT2D eigenvalue weighted by molar-refractivity contribution is 6.57. The largest absolute Gasteiger partial charge is 0.474 e. The number of pyridine rings is 1. The molecule has 3 rings (SSSR count). The fourth-order valence-corrected chi connectivity index (χ4v) is 2.81. The molecule has 0 unspecified atom stereocenters. The minimum absolute atomic E-state index is 0.00641. The number of aromatic nitrogens is 2. The van der Waals surface area contributed by atoms with Crippen LogP contribution in [0.15, 0.2) is 28.2 Å². The van der Waals surface area contributed by atoms with Crippen LogP contribution >= 0.6 is 11.6 Å². The highest BCUT2D eigenvalue weighted by Gasteiger charge is 2.25. The molecule has 0 saturated carbocycles. The third-order valence-electron chi connectivity index (χ3n) is 4.39. The van der Waals surface area contributed by atoms with Crippen LogP contribution in [-0.4, -0.2) is 59.0 Å². The summed E-state index contributed by atoms with van der Waals surface area (Å²) in [5.74, 6) is -0.423. The van der Waals surface area contributed by atoms with Gasteiger partial charge in [-0.05, 0) is 45.6 Å². The van der Waals surface area contributed by atoms with Crippen molar-refractivity contribution in [3.8, 4) is 5.88 Å². The molecule has 0 spiro atoms. The molecule has 2 heterocycles. The number of allylic oxidation sites excluding steroid dienone is 2. The maximum atomic E-state index is 12.2. The molecule has 27 heavy (non-hydrogen) atoms. The molecule has 0 amide bonds. The number of fused-ring (bicyclic) bond motifs is 1. The van der Waals surface area contributed by atoms with Crippen molar-refractivity contribution in [3.05, 3.63) is 34.5 Å². The summed E-state index contributed by atoms with van der Waals surface area (Å²) in [5, 5.41) is 4.54. The molecule has 0 aromatic carbocycles. The monoisotopic (exact) mass is 388 g/mol. The zero-order chi connectivity index (χ0) is 19.7. The smallest absolute Gasteiger partial charge is 0.260 e. The van der Waals surface area contributed by atoms with Gasteiger partial charge in [-0.25, -0.2) is 9.51 Å². The number of hydrogen-bond acceptors (Lipinski definition) is 6. The van der Waals surface area contributed by atoms with Gasteiger partial charge in [0.2, 0.25) is 0 Å². The van der Waals surface area contributed by atoms with Crippen LogP contribution in [0.4, 0.5) is 5.69 Å². The van der Waals surface area contributed by atoms with E-state index in [0.29, 0.717) is 24.7 Å². The van der Waals surface area contributed by atoms with Gasteiger partial charge in [-0.15, -0.1) is 5.10 Å². The van der Waals surface area contributed by atoms with Crippen LogP contribution in [0.25, 0.3) is 5.52 Å². The Bertz CT molecular complexity index is 988. The maximum absolute atomic E-state index is 12.2. The number of carbonyl (C=O) groups is 2. The number of aryl methyl sites for hydroxylation is 2. The minimum atomic E-state index is -0.394. The van der Waals surface area contributed by atoms with Crippen molar-refractivity contribution in [2.75, 3.05) is 27.2 Å². The van der Waals surface area contributed by atoms with E-state index < -0.39 is 5.78 Å². The SMILES string of the molecule is Cc1ccc2c(N=C3C=C(Cl)C(=O)CC3=O)c(OCCN(C)C)nn2c1C. The van der Waals surface area contributed by atoms with Gasteiger partial charge in [-0.1, -0.05) is 17.7 Å². The Balaban J connectivity index is 2.11. The molecule has 0 bridgehead atoms. The number of ketones is 2. The van der Waals surface area contributed by atoms with Crippen LogP contribution in [0, 0.1) is 13.8 Å². The molecule has 0 fully saturated rings. The van der Waals surface area contributed by atoms with E-state index in [2.05, 4.69) is 10.1 Å². The summed E-state index contributed by atoms with van der Waals surface area (Å²) >= 11 is 5.91. The Hall–Kier alpha value is -2.51. The van der Waals surface area contributed by atoms with E-state index >= 15 is 0 Å². The van der Waals surface area contributed by atoms with Crippen LogP contribution in [0.5, 0.6) is 5.88 Å². The number of ether oxygens (including phenoxy) is 1. The number of nitrogens with zero attached hydrogens (tertiary/aromatic N) is 4. The molecule has 0 N–H and O–H groups in total. The second-order valence-electron chi connectivity index (χ2n) is 6.72. The van der Waals surface area contributed by atoms with Crippen molar-refractivity contribution >= 4 is 40.1 Å². The second kappa shape index (κ2) is 7.62. The van der Waals surface area contributed by atoms with Crippen LogP contribution in [0.1, 0.15) is 17.7 Å². The van der Waals surface area contributed by atoms with Crippen molar-refractivity contribution in [1.82, 2.24) is 14.5 Å². The minimum Gasteiger partial charge on any atom is -0.474 e. The molecule has 0 aliphatic heterocycles. The number of carbonyl (C=O) groups excluding carboxylic acids is 2. The number of hydrogen-bond donors (Lipinski definition) is 0. The van der Waals surface area contributed by atoms with Gasteiger partial charge in [0.1, 0.15) is 12.3 Å². The highest BCUT2D eigenvalue weighted by Crippen LogP contribution is 2.34. The van der Waals surface area contributed by atoms with E-state index in [-0.39, 0.29) is 22.9 Å². The average molecular weight is 389 g/mol. The van der Waals surface area contributed by atoms with Crippen molar-refractivity contribution in [2.24, 2.45) is 4.99 Å². The first-order valence-corrected chi connectivity index (χ1v) is 8.94. The van der Waals surface area contributed by atoms with E-state index in [4.69, 9.17) is 16.3 Å². The summed E-state index contributed by atoms with van der Waals surface area (Å²) in [4.78, 5) is 30.3. The number of likely N-dealkylation sites (N-methyl/N-ethyl adjacent to an activating group) is 1. The summed E-state index contributed by atoms with van der Waals surface area (Å²) in [6.07, 6.45) is 1.03. The normalized spacial score (nSPS) is 16.5. The summed E-state index contributed by atoms with van der Waals surface area (Å²) in [5.41, 5.74) is 3.33. The first-order chi connectivity index (χ1) is 12.8. The molecule has 0 radical (unpaired) electrons. The molecule has 1 aliphatic rings. The molecule has 2 aromatic rings. The van der Waals surface area contributed by atoms with Crippen LogP contribution in [0.2, 0.25) is 0 Å². The Labute approximate surface area is 162 Å². The molecule has 142 valence electrons. The van der Waals surface area contributed by atoms with Gasteiger partial charge in [0.25, 0.3) is 5.88 Å². The summed E-state index contributed by atoms with van der Waals surface area (Å²) < 4.78 is 7.59. The van der Waals surface area contributed by atoms with Crippen molar-refractivity contribution < 1.29 is 14.3 Å². The van der Waals surface area contributed by atoms with Gasteiger partial charge < -0.3 is 9.64 Å². The van der Waals surface area contributed by atoms with Crippen molar-refractivity contribution in [3.63, 3.8) is 0 Å². The molecule has 7 nitrogen and oxygen atoms in total. The Morgan fingerprint density at radius 2 is 2.00 bits per heavy atom. The first-order valence-electron chi connectivity index (χ1n) is 8.56. The van der Waals surface area contributed by atoms with E-state index in [0.717, 1.165) is 16.8 Å². The molecule has 2 aromatic heterocycles. The van der Waals surface area contributed by atoms with E-state index in [1.54, 1.807) is 4.52 Å². The molecular formula is C19H21ClN4O3. The van der Waals surface area contributed by atoms with Crippen LogP contribution in [0.3, 0.4) is 0 Å². The lowest BCUT2D eigenvalue weighted by Gasteiger charge is -2.10. The predicted octanol–water partition coefficient (Wildman–Crippen LogP) is 2.63. The number of aliphatic imine (C=N–C) groups is 1. The lowest BCUT2D eigenvalue weighted by molar-refractivity contribution is -0.121. The quantitative estimate of drug-likeness (QED) is 0.736. The number of rotatable bonds is 5. The Morgan fingerprint density at radius 1 is 1.26 bits per heavy atom. The zero-order valence-electron chi connectivity index (χ0n) is 15.7. The zero-order valence-corrected chi connectivity index (χ0v) is 16.5. The maximum Gasteiger partial charge on any atom is 0.260 e. The van der Waals surface area contributed by atoms with Gasteiger partial charge in [0, 0.05) is 12.2 Å². The van der Waals surface area contributed by atoms with Crippen molar-refractivity contribution in [2.45, 2.75) is 20.3 Å². The third kappa shape index (κ3) is 3.94. The van der Waals surface area contributed by atoms with Gasteiger partial charge in [-0.2, -0.15) is 0 Å². The third-order valence-corrected chi connectivity index (χ3v) is 4.71.